The van der Waals surface area contributed by atoms with Crippen molar-refractivity contribution in [2.75, 3.05) is 19.6 Å². The Kier molecular flexibility index (Phi) is 5.06. The minimum Gasteiger partial charge on any atom is -0.335 e. The zero-order chi connectivity index (χ0) is 18.1. The van der Waals surface area contributed by atoms with E-state index in [1.807, 2.05) is 0 Å². The van der Waals surface area contributed by atoms with Crippen LogP contribution in [0.4, 0.5) is 0 Å². The highest BCUT2D eigenvalue weighted by Crippen LogP contribution is 2.36. The summed E-state index contributed by atoms with van der Waals surface area (Å²) in [6, 6.07) is 6.96. The molecule has 1 aromatic carbocycles. The first-order valence-corrected chi connectivity index (χ1v) is 11.4. The summed E-state index contributed by atoms with van der Waals surface area (Å²) in [5.41, 5.74) is 0.608. The van der Waals surface area contributed by atoms with Gasteiger partial charge in [-0.05, 0) is 68.7 Å². The van der Waals surface area contributed by atoms with E-state index in [9.17, 15) is 13.2 Å². The van der Waals surface area contributed by atoms with Crippen molar-refractivity contribution in [1.29, 1.82) is 0 Å². The minimum absolute atomic E-state index is 0.0618. The topological polar surface area (TPSA) is 57.7 Å². The first-order valence-electron chi connectivity index (χ1n) is 9.98. The smallest absolute Gasteiger partial charge is 0.254 e. The van der Waals surface area contributed by atoms with Gasteiger partial charge in [0.2, 0.25) is 10.0 Å². The van der Waals surface area contributed by atoms with Crippen LogP contribution in [0.2, 0.25) is 0 Å². The molecular formula is C20H28N2O3S. The molecule has 142 valence electrons. The van der Waals surface area contributed by atoms with Crippen LogP contribution in [0.1, 0.15) is 61.7 Å². The Bertz CT molecular complexity index is 752. The Balaban J connectivity index is 1.52. The van der Waals surface area contributed by atoms with Gasteiger partial charge in [0.1, 0.15) is 0 Å². The zero-order valence-electron chi connectivity index (χ0n) is 15.3. The minimum atomic E-state index is -3.42. The number of fused-ring (bicyclic) bond motifs is 1. The van der Waals surface area contributed by atoms with Crippen LogP contribution in [0, 0.1) is 5.92 Å². The van der Waals surface area contributed by atoms with Crippen LogP contribution in [0.25, 0.3) is 0 Å². The summed E-state index contributed by atoms with van der Waals surface area (Å²) in [6.45, 7) is 2.02. The third kappa shape index (κ3) is 3.29. The number of likely N-dealkylation sites (tertiary alicyclic amines) is 1. The molecule has 1 saturated carbocycles. The first-order chi connectivity index (χ1) is 12.6. The van der Waals surface area contributed by atoms with Gasteiger partial charge >= 0.3 is 0 Å². The van der Waals surface area contributed by atoms with Crippen molar-refractivity contribution in [2.45, 2.75) is 62.3 Å². The van der Waals surface area contributed by atoms with Gasteiger partial charge in [-0.15, -0.1) is 0 Å². The maximum Gasteiger partial charge on any atom is 0.254 e. The second kappa shape index (κ2) is 7.31. The molecule has 3 aliphatic rings. The van der Waals surface area contributed by atoms with E-state index in [1.165, 1.54) is 25.7 Å². The quantitative estimate of drug-likeness (QED) is 0.813. The van der Waals surface area contributed by atoms with Crippen molar-refractivity contribution in [3.63, 3.8) is 0 Å². The maximum absolute atomic E-state index is 13.0. The zero-order valence-corrected chi connectivity index (χ0v) is 16.1. The van der Waals surface area contributed by atoms with Crippen molar-refractivity contribution in [1.82, 2.24) is 9.21 Å². The standard InChI is InChI=1S/C20H28N2O3S/c23-20(22-15-5-7-16-6-1-2-8-19(16)22)17-9-11-18(12-10-17)26(24,25)21-13-3-4-14-21/h9-12,16,19H,1-8,13-15H2/t16-,19-/m0/s1. The summed E-state index contributed by atoms with van der Waals surface area (Å²) in [6.07, 6.45) is 9.00. The molecular weight excluding hydrogens is 348 g/mol. The van der Waals surface area contributed by atoms with Gasteiger partial charge in [0.25, 0.3) is 5.91 Å². The van der Waals surface area contributed by atoms with Gasteiger partial charge in [0.05, 0.1) is 4.90 Å². The van der Waals surface area contributed by atoms with Crippen molar-refractivity contribution >= 4 is 15.9 Å². The SMILES string of the molecule is O=C(c1ccc(S(=O)(=O)N2CCCC2)cc1)N1CCC[C@@H]2CCCC[C@@H]21. The summed E-state index contributed by atoms with van der Waals surface area (Å²) in [5, 5.41) is 0. The van der Waals surface area contributed by atoms with Crippen LogP contribution in [0.5, 0.6) is 0 Å². The molecule has 0 aromatic heterocycles. The molecule has 5 nitrogen and oxygen atoms in total. The Morgan fingerprint density at radius 2 is 1.50 bits per heavy atom. The molecule has 0 N–H and O–H groups in total. The fourth-order valence-electron chi connectivity index (χ4n) is 4.89. The van der Waals surface area contributed by atoms with E-state index in [-0.39, 0.29) is 5.91 Å². The molecule has 1 amide bonds. The molecule has 6 heteroatoms. The van der Waals surface area contributed by atoms with Gasteiger partial charge in [0, 0.05) is 31.2 Å². The third-order valence-electron chi connectivity index (χ3n) is 6.31. The lowest BCUT2D eigenvalue weighted by Gasteiger charge is -2.44. The molecule has 0 bridgehead atoms. The molecule has 0 spiro atoms. The molecule has 0 radical (unpaired) electrons. The van der Waals surface area contributed by atoms with Crippen LogP contribution in [-0.2, 0) is 10.0 Å². The molecule has 2 saturated heterocycles. The molecule has 1 aliphatic carbocycles. The van der Waals surface area contributed by atoms with Gasteiger partial charge < -0.3 is 4.90 Å². The van der Waals surface area contributed by atoms with Gasteiger partial charge in [-0.1, -0.05) is 12.8 Å². The van der Waals surface area contributed by atoms with Crippen molar-refractivity contribution in [3.8, 4) is 0 Å². The van der Waals surface area contributed by atoms with Gasteiger partial charge in [-0.25, -0.2) is 8.42 Å². The van der Waals surface area contributed by atoms with E-state index in [0.717, 1.165) is 32.2 Å². The predicted molar refractivity (Wildman–Crippen MR) is 100 cm³/mol. The Labute approximate surface area is 156 Å². The number of carbonyl (C=O) groups excluding carboxylic acids is 1. The van der Waals surface area contributed by atoms with E-state index in [4.69, 9.17) is 0 Å². The predicted octanol–water partition coefficient (Wildman–Crippen LogP) is 3.27. The molecule has 0 unspecified atom stereocenters. The van der Waals surface area contributed by atoms with Crippen molar-refractivity contribution in [3.05, 3.63) is 29.8 Å². The number of sulfonamides is 1. The summed E-state index contributed by atoms with van der Waals surface area (Å²) in [7, 11) is -3.42. The lowest BCUT2D eigenvalue weighted by atomic mass is 9.78. The van der Waals surface area contributed by atoms with E-state index in [0.29, 0.717) is 35.5 Å². The van der Waals surface area contributed by atoms with Gasteiger partial charge in [-0.2, -0.15) is 4.31 Å². The Hall–Kier alpha value is -1.40. The van der Waals surface area contributed by atoms with Gasteiger partial charge in [0.15, 0.2) is 0 Å². The molecule has 1 aromatic rings. The molecule has 2 atom stereocenters. The number of rotatable bonds is 3. The maximum atomic E-state index is 13.0. The number of nitrogens with zero attached hydrogens (tertiary/aromatic N) is 2. The fraction of sp³-hybridized carbons (Fsp3) is 0.650. The molecule has 4 rings (SSSR count). The Morgan fingerprint density at radius 3 is 2.23 bits per heavy atom. The van der Waals surface area contributed by atoms with E-state index in [1.54, 1.807) is 28.6 Å². The third-order valence-corrected chi connectivity index (χ3v) is 8.22. The number of carbonyl (C=O) groups is 1. The number of piperidine rings is 1. The van der Waals surface area contributed by atoms with E-state index < -0.39 is 10.0 Å². The molecule has 26 heavy (non-hydrogen) atoms. The summed E-state index contributed by atoms with van der Waals surface area (Å²) >= 11 is 0. The highest BCUT2D eigenvalue weighted by Gasteiger charge is 2.36. The van der Waals surface area contributed by atoms with Crippen LogP contribution in [0.15, 0.2) is 29.2 Å². The van der Waals surface area contributed by atoms with Crippen LogP contribution < -0.4 is 0 Å². The number of hydrogen-bond donors (Lipinski definition) is 0. The van der Waals surface area contributed by atoms with Crippen LogP contribution in [-0.4, -0.2) is 49.2 Å². The number of benzene rings is 1. The van der Waals surface area contributed by atoms with E-state index in [2.05, 4.69) is 4.90 Å². The second-order valence-corrected chi connectivity index (χ2v) is 9.83. The fourth-order valence-corrected chi connectivity index (χ4v) is 6.41. The van der Waals surface area contributed by atoms with Crippen LogP contribution in [0.3, 0.4) is 0 Å². The summed E-state index contributed by atoms with van der Waals surface area (Å²) in [4.78, 5) is 15.4. The molecule has 2 aliphatic heterocycles. The highest BCUT2D eigenvalue weighted by atomic mass is 32.2. The number of amides is 1. The van der Waals surface area contributed by atoms with Crippen molar-refractivity contribution in [2.24, 2.45) is 5.92 Å². The average molecular weight is 377 g/mol. The second-order valence-electron chi connectivity index (χ2n) is 7.89. The summed E-state index contributed by atoms with van der Waals surface area (Å²) in [5.74, 6) is 0.711. The average Bonchev–Trinajstić information content (AvgIpc) is 3.23. The lowest BCUT2D eigenvalue weighted by Crippen LogP contribution is -2.49. The largest absolute Gasteiger partial charge is 0.335 e. The van der Waals surface area contributed by atoms with E-state index >= 15 is 0 Å². The number of hydrogen-bond acceptors (Lipinski definition) is 3. The normalized spacial score (nSPS) is 27.3. The molecule has 2 heterocycles. The summed E-state index contributed by atoms with van der Waals surface area (Å²) < 4.78 is 26.8. The lowest BCUT2D eigenvalue weighted by molar-refractivity contribution is 0.0390. The highest BCUT2D eigenvalue weighted by molar-refractivity contribution is 7.89. The van der Waals surface area contributed by atoms with Crippen LogP contribution >= 0.6 is 0 Å². The van der Waals surface area contributed by atoms with Crippen molar-refractivity contribution < 1.29 is 13.2 Å². The first kappa shape index (κ1) is 18.0. The Morgan fingerprint density at radius 1 is 0.846 bits per heavy atom. The molecule has 3 fully saturated rings. The monoisotopic (exact) mass is 376 g/mol. The van der Waals surface area contributed by atoms with Gasteiger partial charge in [-0.3, -0.25) is 4.79 Å².